The van der Waals surface area contributed by atoms with Crippen molar-refractivity contribution in [1.29, 1.82) is 0 Å². The van der Waals surface area contributed by atoms with Crippen molar-refractivity contribution < 1.29 is 25.2 Å². The summed E-state index contributed by atoms with van der Waals surface area (Å²) in [5.41, 5.74) is 5.28. The van der Waals surface area contributed by atoms with Gasteiger partial charge in [0.15, 0.2) is 5.78 Å². The monoisotopic (exact) mass is 235 g/mol. The zero-order valence-corrected chi connectivity index (χ0v) is 9.25. The molecular formula is C10H21NO5. The Hall–Kier alpha value is -0.530. The molecule has 0 heterocycles. The summed E-state index contributed by atoms with van der Waals surface area (Å²) >= 11 is 0. The molecule has 6 heteroatoms. The van der Waals surface area contributed by atoms with E-state index in [0.717, 1.165) is 12.8 Å². The second kappa shape index (κ2) is 8.60. The highest BCUT2D eigenvalue weighted by molar-refractivity contribution is 5.83. The molecular weight excluding hydrogens is 214 g/mol. The molecule has 0 bridgehead atoms. The summed E-state index contributed by atoms with van der Waals surface area (Å²) in [5.74, 6) is -0.531. The molecule has 3 atom stereocenters. The topological polar surface area (TPSA) is 124 Å². The third-order valence-corrected chi connectivity index (χ3v) is 2.36. The Balaban J connectivity index is 3.88. The first-order valence-corrected chi connectivity index (χ1v) is 5.42. The van der Waals surface area contributed by atoms with Crippen molar-refractivity contribution in [3.8, 4) is 0 Å². The van der Waals surface area contributed by atoms with Crippen molar-refractivity contribution in [2.75, 3.05) is 13.2 Å². The van der Waals surface area contributed by atoms with Crippen LogP contribution in [-0.2, 0) is 4.79 Å². The van der Waals surface area contributed by atoms with E-state index < -0.39 is 30.7 Å². The van der Waals surface area contributed by atoms with Gasteiger partial charge in [0.05, 0.1) is 6.61 Å². The summed E-state index contributed by atoms with van der Waals surface area (Å²) in [5, 5.41) is 36.2. The van der Waals surface area contributed by atoms with E-state index in [1.165, 1.54) is 0 Å². The molecule has 0 radical (unpaired) electrons. The van der Waals surface area contributed by atoms with Crippen LogP contribution in [0.1, 0.15) is 25.7 Å². The van der Waals surface area contributed by atoms with Crippen molar-refractivity contribution in [2.24, 2.45) is 5.73 Å². The van der Waals surface area contributed by atoms with Gasteiger partial charge in [-0.25, -0.2) is 0 Å². The average molecular weight is 235 g/mol. The number of hydrogen-bond acceptors (Lipinski definition) is 6. The Bertz CT molecular complexity index is 200. The van der Waals surface area contributed by atoms with Crippen LogP contribution in [0.25, 0.3) is 0 Å². The van der Waals surface area contributed by atoms with Crippen molar-refractivity contribution in [3.63, 3.8) is 0 Å². The number of carbonyl (C=O) groups is 1. The van der Waals surface area contributed by atoms with Gasteiger partial charge in [-0.05, 0) is 19.4 Å². The van der Waals surface area contributed by atoms with Crippen molar-refractivity contribution in [3.05, 3.63) is 0 Å². The summed E-state index contributed by atoms with van der Waals surface area (Å²) in [7, 11) is 0. The number of carbonyl (C=O) groups excluding carboxylic acids is 1. The maximum atomic E-state index is 11.3. The highest BCUT2D eigenvalue weighted by atomic mass is 16.4. The molecule has 0 aromatic carbocycles. The minimum Gasteiger partial charge on any atom is -0.394 e. The molecule has 0 aliphatic carbocycles. The second-order valence-electron chi connectivity index (χ2n) is 3.75. The summed E-state index contributed by atoms with van der Waals surface area (Å²) < 4.78 is 0. The minimum absolute atomic E-state index is 0.135. The van der Waals surface area contributed by atoms with Gasteiger partial charge < -0.3 is 26.2 Å². The molecule has 96 valence electrons. The number of Topliss-reactive ketones (excluding diaryl/α,β-unsaturated/α-hetero) is 1. The fourth-order valence-corrected chi connectivity index (χ4v) is 1.28. The predicted molar refractivity (Wildman–Crippen MR) is 57.6 cm³/mol. The van der Waals surface area contributed by atoms with E-state index in [0.29, 0.717) is 13.0 Å². The number of aliphatic hydroxyl groups excluding tert-OH is 4. The first-order valence-electron chi connectivity index (χ1n) is 5.42. The SMILES string of the molecule is NCCCCCC(=O)[C@H](O)[C@H](O)[C@H](O)CO. The smallest absolute Gasteiger partial charge is 0.164 e. The molecule has 6 nitrogen and oxygen atoms in total. The van der Waals surface area contributed by atoms with Crippen molar-refractivity contribution in [2.45, 2.75) is 44.0 Å². The molecule has 0 aromatic heterocycles. The van der Waals surface area contributed by atoms with Gasteiger partial charge in [0, 0.05) is 6.42 Å². The number of unbranched alkanes of at least 4 members (excludes halogenated alkanes) is 2. The Morgan fingerprint density at radius 2 is 1.75 bits per heavy atom. The van der Waals surface area contributed by atoms with Crippen LogP contribution < -0.4 is 5.73 Å². The maximum absolute atomic E-state index is 11.3. The van der Waals surface area contributed by atoms with Crippen molar-refractivity contribution in [1.82, 2.24) is 0 Å². The molecule has 0 spiro atoms. The molecule has 6 N–H and O–H groups in total. The molecule has 0 rings (SSSR count). The average Bonchev–Trinajstić information content (AvgIpc) is 2.31. The minimum atomic E-state index is -1.64. The lowest BCUT2D eigenvalue weighted by atomic mass is 10.0. The molecule has 0 fully saturated rings. The van der Waals surface area contributed by atoms with Gasteiger partial charge in [0.25, 0.3) is 0 Å². The quantitative estimate of drug-likeness (QED) is 0.299. The van der Waals surface area contributed by atoms with E-state index in [-0.39, 0.29) is 6.42 Å². The van der Waals surface area contributed by atoms with Gasteiger partial charge in [0.2, 0.25) is 0 Å². The van der Waals surface area contributed by atoms with E-state index >= 15 is 0 Å². The van der Waals surface area contributed by atoms with Gasteiger partial charge in [-0.1, -0.05) is 6.42 Å². The van der Waals surface area contributed by atoms with Crippen LogP contribution in [0, 0.1) is 0 Å². The van der Waals surface area contributed by atoms with Crippen LogP contribution >= 0.6 is 0 Å². The molecule has 0 saturated carbocycles. The van der Waals surface area contributed by atoms with E-state index in [4.69, 9.17) is 15.9 Å². The highest BCUT2D eigenvalue weighted by Crippen LogP contribution is 2.07. The molecule has 16 heavy (non-hydrogen) atoms. The van der Waals surface area contributed by atoms with Gasteiger partial charge in [-0.3, -0.25) is 4.79 Å². The summed E-state index contributed by atoms with van der Waals surface area (Å²) in [6.07, 6.45) is -2.44. The second-order valence-corrected chi connectivity index (χ2v) is 3.75. The molecule has 0 unspecified atom stereocenters. The van der Waals surface area contributed by atoms with Crippen LogP contribution in [0.2, 0.25) is 0 Å². The molecule has 0 aliphatic rings. The number of ketones is 1. The van der Waals surface area contributed by atoms with E-state index in [1.54, 1.807) is 0 Å². The van der Waals surface area contributed by atoms with Gasteiger partial charge >= 0.3 is 0 Å². The van der Waals surface area contributed by atoms with Crippen LogP contribution in [0.4, 0.5) is 0 Å². The Morgan fingerprint density at radius 3 is 2.25 bits per heavy atom. The first-order chi connectivity index (χ1) is 7.54. The number of rotatable bonds is 9. The number of aliphatic hydroxyl groups is 4. The fraction of sp³-hybridized carbons (Fsp3) is 0.900. The summed E-state index contributed by atoms with van der Waals surface area (Å²) in [6, 6.07) is 0. The normalized spacial score (nSPS) is 16.8. The van der Waals surface area contributed by atoms with Crippen molar-refractivity contribution >= 4 is 5.78 Å². The van der Waals surface area contributed by atoms with E-state index in [2.05, 4.69) is 0 Å². The standard InChI is InChI=1S/C10H21NO5/c11-5-3-1-2-4-7(13)9(15)10(16)8(14)6-12/h8-10,12,14-16H,1-6,11H2/t8-,9+,10-/m1/s1. The zero-order valence-electron chi connectivity index (χ0n) is 9.25. The van der Waals surface area contributed by atoms with Gasteiger partial charge in [0.1, 0.15) is 18.3 Å². The Morgan fingerprint density at radius 1 is 1.12 bits per heavy atom. The zero-order chi connectivity index (χ0) is 12.6. The first kappa shape index (κ1) is 15.5. The fourth-order valence-electron chi connectivity index (χ4n) is 1.28. The predicted octanol–water partition coefficient (Wildman–Crippen LogP) is -1.85. The lowest BCUT2D eigenvalue weighted by Gasteiger charge is -2.20. The van der Waals surface area contributed by atoms with Gasteiger partial charge in [-0.15, -0.1) is 0 Å². The van der Waals surface area contributed by atoms with E-state index in [1.807, 2.05) is 0 Å². The lowest BCUT2D eigenvalue weighted by Crippen LogP contribution is -2.43. The third-order valence-electron chi connectivity index (χ3n) is 2.36. The van der Waals surface area contributed by atoms with E-state index in [9.17, 15) is 15.0 Å². The molecule has 0 saturated heterocycles. The van der Waals surface area contributed by atoms with Crippen LogP contribution in [-0.4, -0.2) is 57.7 Å². The Kier molecular flexibility index (Phi) is 8.32. The van der Waals surface area contributed by atoms with Gasteiger partial charge in [-0.2, -0.15) is 0 Å². The van der Waals surface area contributed by atoms with Crippen LogP contribution in [0.3, 0.4) is 0 Å². The number of nitrogens with two attached hydrogens (primary N) is 1. The van der Waals surface area contributed by atoms with Crippen LogP contribution in [0.5, 0.6) is 0 Å². The summed E-state index contributed by atoms with van der Waals surface area (Å²) in [4.78, 5) is 11.3. The highest BCUT2D eigenvalue weighted by Gasteiger charge is 2.28. The number of hydrogen-bond donors (Lipinski definition) is 5. The molecule has 0 aliphatic heterocycles. The third kappa shape index (κ3) is 5.53. The summed E-state index contributed by atoms with van der Waals surface area (Å²) in [6.45, 7) is -0.138. The van der Waals surface area contributed by atoms with Crippen LogP contribution in [0.15, 0.2) is 0 Å². The Labute approximate surface area is 94.7 Å². The largest absolute Gasteiger partial charge is 0.394 e. The lowest BCUT2D eigenvalue weighted by molar-refractivity contribution is -0.140. The molecule has 0 aromatic rings. The molecule has 0 amide bonds. The maximum Gasteiger partial charge on any atom is 0.164 e.